The van der Waals surface area contributed by atoms with Crippen LogP contribution in [0.15, 0.2) is 50.4 Å². The van der Waals surface area contributed by atoms with E-state index in [0.29, 0.717) is 31.8 Å². The molecule has 0 radical (unpaired) electrons. The zero-order chi connectivity index (χ0) is 27.1. The average Bonchev–Trinajstić information content (AvgIpc) is 2.88. The van der Waals surface area contributed by atoms with Crippen LogP contribution in [0.25, 0.3) is 0 Å². The Balaban J connectivity index is 1.48. The summed E-state index contributed by atoms with van der Waals surface area (Å²) in [6.45, 7) is 2.00. The zero-order valence-corrected chi connectivity index (χ0v) is 20.5. The monoisotopic (exact) mass is 530 g/mol. The summed E-state index contributed by atoms with van der Waals surface area (Å²) < 4.78 is 54.0. The molecule has 3 aromatic rings. The topological polar surface area (TPSA) is 102 Å². The minimum atomic E-state index is -1.69. The number of pyridine rings is 1. The Morgan fingerprint density at radius 1 is 1.13 bits per heavy atom. The number of rotatable bonds is 6. The number of ether oxygens (including phenoxy) is 1. The van der Waals surface area contributed by atoms with E-state index in [0.717, 1.165) is 25.3 Å². The molecule has 8 nitrogen and oxygen atoms in total. The maximum atomic E-state index is 14.0. The summed E-state index contributed by atoms with van der Waals surface area (Å²) in [4.78, 5) is 39.2. The molecule has 2 aromatic heterocycles. The first-order chi connectivity index (χ1) is 18.1. The van der Waals surface area contributed by atoms with Gasteiger partial charge in [-0.15, -0.1) is 0 Å². The fourth-order valence-electron chi connectivity index (χ4n) is 5.60. The summed E-state index contributed by atoms with van der Waals surface area (Å²) in [5.41, 5.74) is -0.0971. The molecule has 1 aromatic carbocycles. The Labute approximate surface area is 214 Å². The third-order valence-electron chi connectivity index (χ3n) is 7.26. The first-order valence-corrected chi connectivity index (χ1v) is 12.1. The van der Waals surface area contributed by atoms with Crippen LogP contribution >= 0.6 is 0 Å². The van der Waals surface area contributed by atoms with Gasteiger partial charge in [0.2, 0.25) is 11.2 Å². The molecular weight excluding hydrogens is 505 g/mol. The van der Waals surface area contributed by atoms with Gasteiger partial charge < -0.3 is 18.8 Å². The number of halogens is 3. The van der Waals surface area contributed by atoms with E-state index in [1.54, 1.807) is 16.7 Å². The van der Waals surface area contributed by atoms with Gasteiger partial charge in [-0.05, 0) is 36.1 Å². The number of aromatic hydroxyl groups is 1. The van der Waals surface area contributed by atoms with Crippen molar-refractivity contribution < 1.29 is 32.2 Å². The smallest absolute Gasteiger partial charge is 0.306 e. The number of esters is 1. The first-order valence-electron chi connectivity index (χ1n) is 12.1. The van der Waals surface area contributed by atoms with Gasteiger partial charge in [-0.2, -0.15) is 0 Å². The predicted octanol–water partition coefficient (Wildman–Crippen LogP) is 3.24. The second kappa shape index (κ2) is 10.1. The van der Waals surface area contributed by atoms with Crippen LogP contribution in [0.1, 0.15) is 47.5 Å². The first kappa shape index (κ1) is 25.8. The molecule has 2 bridgehead atoms. The van der Waals surface area contributed by atoms with E-state index in [1.165, 1.54) is 0 Å². The number of hydrogen-bond donors (Lipinski definition) is 1. The molecule has 38 heavy (non-hydrogen) atoms. The summed E-state index contributed by atoms with van der Waals surface area (Å²) in [6, 6.07) is 7.71. The van der Waals surface area contributed by atoms with Crippen LogP contribution in [0.2, 0.25) is 0 Å². The Morgan fingerprint density at radius 2 is 1.87 bits per heavy atom. The van der Waals surface area contributed by atoms with Crippen LogP contribution in [0.5, 0.6) is 5.75 Å². The Kier molecular flexibility index (Phi) is 6.87. The van der Waals surface area contributed by atoms with Crippen molar-refractivity contribution in [3.63, 3.8) is 0 Å². The van der Waals surface area contributed by atoms with E-state index in [2.05, 4.69) is 9.64 Å². The number of nitrogens with zero attached hydrogens (tertiary/aromatic N) is 2. The third-order valence-corrected chi connectivity index (χ3v) is 7.26. The second-order valence-electron chi connectivity index (χ2n) is 9.81. The van der Waals surface area contributed by atoms with Crippen LogP contribution < -0.4 is 11.0 Å². The number of fused-ring (bicyclic) bond motifs is 4. The number of benzene rings is 1. The van der Waals surface area contributed by atoms with Crippen molar-refractivity contribution in [1.82, 2.24) is 9.47 Å². The highest BCUT2D eigenvalue weighted by Gasteiger charge is 2.35. The Morgan fingerprint density at radius 3 is 2.58 bits per heavy atom. The van der Waals surface area contributed by atoms with Gasteiger partial charge in [0.1, 0.15) is 5.76 Å². The molecule has 0 spiro atoms. The Bertz CT molecular complexity index is 1490. The maximum absolute atomic E-state index is 14.0. The number of piperidine rings is 1. The van der Waals surface area contributed by atoms with Crippen molar-refractivity contribution in [1.29, 1.82) is 0 Å². The number of likely N-dealkylation sites (tertiary alicyclic amines) is 1. The van der Waals surface area contributed by atoms with Crippen LogP contribution in [0, 0.1) is 23.4 Å². The van der Waals surface area contributed by atoms with Gasteiger partial charge in [0.15, 0.2) is 23.2 Å². The van der Waals surface area contributed by atoms with Crippen molar-refractivity contribution >= 4 is 5.97 Å². The molecule has 3 atom stereocenters. The van der Waals surface area contributed by atoms with Crippen molar-refractivity contribution in [3.05, 3.63) is 97.2 Å². The van der Waals surface area contributed by atoms with Crippen LogP contribution in [0.3, 0.4) is 0 Å². The SMILES string of the molecule is COC(=O)C[C@H](c1cc(F)c(F)c(F)c1)c1oc(CN2C[C@@H]3C[C@H](C2)c2cccc(=O)n2C3)cc(=O)c1O. The summed E-state index contributed by atoms with van der Waals surface area (Å²) >= 11 is 0. The number of methoxy groups -OCH3 is 1. The molecular formula is C27H25F3N2O6. The van der Waals surface area contributed by atoms with E-state index < -0.39 is 46.9 Å². The quantitative estimate of drug-likeness (QED) is 0.386. The van der Waals surface area contributed by atoms with Crippen molar-refractivity contribution in [2.75, 3.05) is 20.2 Å². The number of carbonyl (C=O) groups excluding carboxylic acids is 1. The number of hydrogen-bond acceptors (Lipinski definition) is 7. The molecule has 4 heterocycles. The molecule has 2 aliphatic rings. The van der Waals surface area contributed by atoms with E-state index in [4.69, 9.17) is 4.42 Å². The summed E-state index contributed by atoms with van der Waals surface area (Å²) in [5.74, 6) is -7.51. The lowest BCUT2D eigenvalue weighted by Gasteiger charge is -2.42. The molecule has 2 aliphatic heterocycles. The number of carbonyl (C=O) groups is 1. The third kappa shape index (κ3) is 4.85. The maximum Gasteiger partial charge on any atom is 0.306 e. The molecule has 1 fully saturated rings. The highest BCUT2D eigenvalue weighted by molar-refractivity contribution is 5.71. The lowest BCUT2D eigenvalue weighted by molar-refractivity contribution is -0.140. The minimum Gasteiger partial charge on any atom is -0.502 e. The largest absolute Gasteiger partial charge is 0.502 e. The highest BCUT2D eigenvalue weighted by atomic mass is 19.2. The molecule has 0 amide bonds. The van der Waals surface area contributed by atoms with Gasteiger partial charge in [0, 0.05) is 43.4 Å². The van der Waals surface area contributed by atoms with Gasteiger partial charge >= 0.3 is 5.97 Å². The summed E-state index contributed by atoms with van der Waals surface area (Å²) in [5, 5.41) is 10.5. The summed E-state index contributed by atoms with van der Waals surface area (Å²) in [6.07, 6.45) is 0.397. The van der Waals surface area contributed by atoms with Gasteiger partial charge in [-0.3, -0.25) is 19.3 Å². The van der Waals surface area contributed by atoms with E-state index in [9.17, 15) is 32.7 Å². The van der Waals surface area contributed by atoms with Gasteiger partial charge in [-0.25, -0.2) is 13.2 Å². The van der Waals surface area contributed by atoms with Crippen LogP contribution in [-0.4, -0.2) is 40.7 Å². The highest BCUT2D eigenvalue weighted by Crippen LogP contribution is 2.37. The molecule has 0 saturated carbocycles. The fourth-order valence-corrected chi connectivity index (χ4v) is 5.60. The minimum absolute atomic E-state index is 0.0369. The van der Waals surface area contributed by atoms with Crippen molar-refractivity contribution in [3.8, 4) is 5.75 Å². The standard InChI is InChI=1S/C27H25F3N2O6/c1-37-24(35)9-18(15-6-19(28)25(30)20(29)7-15)27-26(36)22(33)8-17(38-27)13-31-10-14-5-16(12-31)21-3-2-4-23(34)32(21)11-14/h2-4,6-8,14,16,18,36H,5,9-13H2,1H3/t14-,16+,18+/m0/s1. The van der Waals surface area contributed by atoms with Crippen molar-refractivity contribution in [2.24, 2.45) is 5.92 Å². The Hall–Kier alpha value is -3.86. The lowest BCUT2D eigenvalue weighted by atomic mass is 9.83. The van der Waals surface area contributed by atoms with E-state index in [-0.39, 0.29) is 41.0 Å². The summed E-state index contributed by atoms with van der Waals surface area (Å²) in [7, 11) is 1.11. The average molecular weight is 530 g/mol. The van der Waals surface area contributed by atoms with Gasteiger partial charge in [0.25, 0.3) is 5.56 Å². The molecule has 11 heteroatoms. The molecule has 0 aliphatic carbocycles. The van der Waals surface area contributed by atoms with Crippen LogP contribution in [0.4, 0.5) is 13.2 Å². The molecule has 0 unspecified atom stereocenters. The molecule has 1 saturated heterocycles. The van der Waals surface area contributed by atoms with E-state index >= 15 is 0 Å². The molecule has 1 N–H and O–H groups in total. The fraction of sp³-hybridized carbons (Fsp3) is 0.370. The van der Waals surface area contributed by atoms with Crippen molar-refractivity contribution in [2.45, 2.75) is 37.8 Å². The van der Waals surface area contributed by atoms with E-state index in [1.807, 2.05) is 6.07 Å². The second-order valence-corrected chi connectivity index (χ2v) is 9.81. The van der Waals surface area contributed by atoms with Gasteiger partial charge in [-0.1, -0.05) is 6.07 Å². The molecule has 5 rings (SSSR count). The zero-order valence-electron chi connectivity index (χ0n) is 20.5. The molecule has 200 valence electrons. The van der Waals surface area contributed by atoms with Crippen LogP contribution in [-0.2, 0) is 22.6 Å². The number of aromatic nitrogens is 1. The normalized spacial score (nSPS) is 19.6. The van der Waals surface area contributed by atoms with Gasteiger partial charge in [0.05, 0.1) is 26.0 Å². The predicted molar refractivity (Wildman–Crippen MR) is 128 cm³/mol. The lowest BCUT2D eigenvalue weighted by Crippen LogP contribution is -2.46.